The highest BCUT2D eigenvalue weighted by Crippen LogP contribution is 2.24. The van der Waals surface area contributed by atoms with Gasteiger partial charge in [0.25, 0.3) is 0 Å². The molecular formula is C20H19N3O4. The van der Waals surface area contributed by atoms with Crippen LogP contribution in [-0.2, 0) is 4.74 Å². The van der Waals surface area contributed by atoms with Crippen molar-refractivity contribution in [3.8, 4) is 0 Å². The van der Waals surface area contributed by atoms with Gasteiger partial charge in [0.05, 0.1) is 5.56 Å². The molecule has 4 N–H and O–H groups in total. The molecule has 2 amide bonds. The fourth-order valence-electron chi connectivity index (χ4n) is 2.95. The number of H-pyrrole nitrogens is 1. The minimum atomic E-state index is -0.969. The van der Waals surface area contributed by atoms with Crippen molar-refractivity contribution >= 4 is 34.4 Å². The van der Waals surface area contributed by atoms with E-state index in [-0.39, 0.29) is 11.3 Å². The number of primary amides is 1. The van der Waals surface area contributed by atoms with E-state index in [0.717, 1.165) is 16.6 Å². The van der Waals surface area contributed by atoms with Crippen LogP contribution in [0.2, 0.25) is 0 Å². The monoisotopic (exact) mass is 365 g/mol. The van der Waals surface area contributed by atoms with Crippen molar-refractivity contribution in [1.82, 2.24) is 4.98 Å². The first-order valence-electron chi connectivity index (χ1n) is 8.36. The van der Waals surface area contributed by atoms with E-state index in [0.29, 0.717) is 11.3 Å². The average Bonchev–Trinajstić information content (AvgIpc) is 2.96. The molecule has 0 aliphatic carbocycles. The van der Waals surface area contributed by atoms with Gasteiger partial charge >= 0.3 is 12.0 Å². The number of amides is 2. The molecule has 3 aromatic rings. The lowest BCUT2D eigenvalue weighted by Gasteiger charge is -2.13. The molecular weight excluding hydrogens is 346 g/mol. The Balaban J connectivity index is 1.79. The van der Waals surface area contributed by atoms with Gasteiger partial charge in [-0.15, -0.1) is 0 Å². The highest BCUT2D eigenvalue weighted by Gasteiger charge is 2.25. The zero-order chi connectivity index (χ0) is 19.6. The number of benzene rings is 2. The Bertz CT molecular complexity index is 1040. The molecule has 27 heavy (non-hydrogen) atoms. The molecule has 0 aliphatic rings. The molecule has 0 saturated carbocycles. The maximum absolute atomic E-state index is 12.8. The molecule has 0 aliphatic heterocycles. The largest absolute Gasteiger partial charge is 0.451 e. The van der Waals surface area contributed by atoms with Gasteiger partial charge in [0.15, 0.2) is 6.10 Å². The quantitative estimate of drug-likeness (QED) is 0.475. The zero-order valence-electron chi connectivity index (χ0n) is 14.9. The number of aromatic nitrogens is 1. The predicted octanol–water partition coefficient (Wildman–Crippen LogP) is 3.40. The average molecular weight is 365 g/mol. The lowest BCUT2D eigenvalue weighted by atomic mass is 10.0. The van der Waals surface area contributed by atoms with Gasteiger partial charge in [-0.25, -0.2) is 9.59 Å². The number of fused-ring (bicyclic) bond motifs is 1. The van der Waals surface area contributed by atoms with Crippen LogP contribution >= 0.6 is 0 Å². The summed E-state index contributed by atoms with van der Waals surface area (Å²) < 4.78 is 5.34. The number of para-hydroxylation sites is 1. The molecule has 7 nitrogen and oxygen atoms in total. The lowest BCUT2D eigenvalue weighted by Crippen LogP contribution is -2.25. The van der Waals surface area contributed by atoms with Gasteiger partial charge in [0, 0.05) is 27.8 Å². The van der Waals surface area contributed by atoms with Crippen LogP contribution in [0.1, 0.15) is 33.3 Å². The molecule has 0 unspecified atom stereocenters. The van der Waals surface area contributed by atoms with Crippen LogP contribution < -0.4 is 11.1 Å². The second-order valence-electron chi connectivity index (χ2n) is 6.15. The van der Waals surface area contributed by atoms with E-state index in [4.69, 9.17) is 10.5 Å². The SMILES string of the molecule is Cc1[nH]c2ccccc2c1C(=O)[C@H](C)OC(=O)c1cccc(NC(N)=O)c1. The molecule has 0 fully saturated rings. The molecule has 1 atom stereocenters. The summed E-state index contributed by atoms with van der Waals surface area (Å²) >= 11 is 0. The summed E-state index contributed by atoms with van der Waals surface area (Å²) in [6, 6.07) is 12.8. The van der Waals surface area contributed by atoms with Gasteiger partial charge in [0.2, 0.25) is 5.78 Å². The molecule has 1 heterocycles. The molecule has 0 saturated heterocycles. The van der Waals surface area contributed by atoms with Crippen LogP contribution in [-0.4, -0.2) is 28.9 Å². The first kappa shape index (κ1) is 18.2. The zero-order valence-corrected chi connectivity index (χ0v) is 14.9. The van der Waals surface area contributed by atoms with Crippen LogP contribution in [0.25, 0.3) is 10.9 Å². The fraction of sp³-hybridized carbons (Fsp3) is 0.150. The highest BCUT2D eigenvalue weighted by atomic mass is 16.5. The van der Waals surface area contributed by atoms with Crippen LogP contribution in [0.4, 0.5) is 10.5 Å². The number of Topliss-reactive ketones (excluding diaryl/α,β-unsaturated/α-hetero) is 1. The van der Waals surface area contributed by atoms with E-state index in [2.05, 4.69) is 10.3 Å². The summed E-state index contributed by atoms with van der Waals surface area (Å²) in [6.07, 6.45) is -0.969. The molecule has 138 valence electrons. The maximum Gasteiger partial charge on any atom is 0.338 e. The fourth-order valence-corrected chi connectivity index (χ4v) is 2.95. The van der Waals surface area contributed by atoms with Gasteiger partial charge in [-0.2, -0.15) is 0 Å². The lowest BCUT2D eigenvalue weighted by molar-refractivity contribution is 0.0319. The van der Waals surface area contributed by atoms with E-state index in [1.165, 1.54) is 19.1 Å². The number of ether oxygens (including phenoxy) is 1. The Morgan fingerprint density at radius 3 is 2.59 bits per heavy atom. The molecule has 0 spiro atoms. The molecule has 7 heteroatoms. The van der Waals surface area contributed by atoms with Gasteiger partial charge < -0.3 is 20.8 Å². The Morgan fingerprint density at radius 1 is 1.11 bits per heavy atom. The summed E-state index contributed by atoms with van der Waals surface area (Å²) in [5.74, 6) is -0.953. The number of ketones is 1. The number of urea groups is 1. The van der Waals surface area contributed by atoms with Crippen LogP contribution in [0.3, 0.4) is 0 Å². The third-order valence-electron chi connectivity index (χ3n) is 4.16. The Hall–Kier alpha value is -3.61. The van der Waals surface area contributed by atoms with E-state index >= 15 is 0 Å². The Labute approximate surface area is 155 Å². The van der Waals surface area contributed by atoms with Crippen molar-refractivity contribution in [2.24, 2.45) is 5.73 Å². The molecule has 2 aromatic carbocycles. The summed E-state index contributed by atoms with van der Waals surface area (Å²) in [6.45, 7) is 3.34. The maximum atomic E-state index is 12.8. The van der Waals surface area contributed by atoms with Gasteiger partial charge in [-0.3, -0.25) is 4.79 Å². The van der Waals surface area contributed by atoms with Crippen LogP contribution in [0, 0.1) is 6.92 Å². The van der Waals surface area contributed by atoms with E-state index in [1.54, 1.807) is 19.1 Å². The second kappa shape index (κ2) is 7.33. The minimum absolute atomic E-state index is 0.205. The summed E-state index contributed by atoms with van der Waals surface area (Å²) in [4.78, 5) is 39.3. The number of anilines is 1. The smallest absolute Gasteiger partial charge is 0.338 e. The van der Waals surface area contributed by atoms with Crippen molar-refractivity contribution in [3.63, 3.8) is 0 Å². The van der Waals surface area contributed by atoms with Crippen LogP contribution in [0.5, 0.6) is 0 Å². The Morgan fingerprint density at radius 2 is 1.85 bits per heavy atom. The topological polar surface area (TPSA) is 114 Å². The Kier molecular flexibility index (Phi) is 4.94. The summed E-state index contributed by atoms with van der Waals surface area (Å²) in [7, 11) is 0. The molecule has 1 aromatic heterocycles. The number of esters is 1. The third kappa shape index (κ3) is 3.82. The number of carbonyl (C=O) groups excluding carboxylic acids is 3. The first-order valence-corrected chi connectivity index (χ1v) is 8.36. The van der Waals surface area contributed by atoms with Crippen LogP contribution in [0.15, 0.2) is 48.5 Å². The van der Waals surface area contributed by atoms with E-state index in [1.807, 2.05) is 24.3 Å². The number of aryl methyl sites for hydroxylation is 1. The third-order valence-corrected chi connectivity index (χ3v) is 4.16. The normalized spacial score (nSPS) is 11.8. The van der Waals surface area contributed by atoms with Gasteiger partial charge in [0.1, 0.15) is 0 Å². The number of aromatic amines is 1. The first-order chi connectivity index (χ1) is 12.9. The van der Waals surface area contributed by atoms with E-state index < -0.39 is 18.1 Å². The number of hydrogen-bond donors (Lipinski definition) is 3. The second-order valence-corrected chi connectivity index (χ2v) is 6.15. The number of carbonyl (C=O) groups is 3. The molecule has 0 radical (unpaired) electrons. The standard InChI is InChI=1S/C20H19N3O4/c1-11-17(15-8-3-4-9-16(15)22-11)18(24)12(2)27-19(25)13-6-5-7-14(10-13)23-20(21)26/h3-10,12,22H,1-2H3,(H3,21,23,26)/t12-/m0/s1. The van der Waals surface area contributed by atoms with Crippen molar-refractivity contribution in [2.45, 2.75) is 20.0 Å². The van der Waals surface area contributed by atoms with Crippen molar-refractivity contribution in [1.29, 1.82) is 0 Å². The minimum Gasteiger partial charge on any atom is -0.451 e. The summed E-state index contributed by atoms with van der Waals surface area (Å²) in [5, 5.41) is 3.17. The number of rotatable bonds is 5. The van der Waals surface area contributed by atoms with Crippen molar-refractivity contribution in [3.05, 3.63) is 65.4 Å². The molecule has 3 rings (SSSR count). The van der Waals surface area contributed by atoms with Crippen molar-refractivity contribution < 1.29 is 19.1 Å². The summed E-state index contributed by atoms with van der Waals surface area (Å²) in [5.41, 5.74) is 7.72. The molecule has 0 bridgehead atoms. The predicted molar refractivity (Wildman–Crippen MR) is 102 cm³/mol. The highest BCUT2D eigenvalue weighted by molar-refractivity contribution is 6.11. The number of hydrogen-bond acceptors (Lipinski definition) is 4. The van der Waals surface area contributed by atoms with Crippen molar-refractivity contribution in [2.75, 3.05) is 5.32 Å². The van der Waals surface area contributed by atoms with Gasteiger partial charge in [-0.05, 0) is 38.1 Å². The van der Waals surface area contributed by atoms with E-state index in [9.17, 15) is 14.4 Å². The van der Waals surface area contributed by atoms with Gasteiger partial charge in [-0.1, -0.05) is 24.3 Å². The number of nitrogens with one attached hydrogen (secondary N) is 2. The number of nitrogens with two attached hydrogens (primary N) is 1.